The zero-order valence-corrected chi connectivity index (χ0v) is 14.0. The van der Waals surface area contributed by atoms with Gasteiger partial charge in [0.25, 0.3) is 0 Å². The topological polar surface area (TPSA) is 24.0 Å². The highest BCUT2D eigenvalue weighted by atomic mass is 35.5. The lowest BCUT2D eigenvalue weighted by Gasteiger charge is -2.26. The van der Waals surface area contributed by atoms with E-state index in [-0.39, 0.29) is 0 Å². The summed E-state index contributed by atoms with van der Waals surface area (Å²) in [5, 5.41) is 0.823. The van der Waals surface area contributed by atoms with Gasteiger partial charge in [0.1, 0.15) is 0 Å². The van der Waals surface area contributed by atoms with E-state index >= 15 is 0 Å². The molecular weight excluding hydrogens is 302 g/mol. The lowest BCUT2D eigenvalue weighted by molar-refractivity contribution is 0.210. The Labute approximate surface area is 135 Å². The number of imidazole rings is 1. The van der Waals surface area contributed by atoms with Crippen LogP contribution in [0.1, 0.15) is 25.8 Å². The zero-order chi connectivity index (χ0) is 15.0. The first-order chi connectivity index (χ1) is 10.1. The molecule has 0 spiro atoms. The molecule has 0 saturated carbocycles. The van der Waals surface area contributed by atoms with Crippen LogP contribution < -0.4 is 0 Å². The molecule has 0 unspecified atom stereocenters. The van der Waals surface area contributed by atoms with Gasteiger partial charge in [0.2, 0.25) is 0 Å². The molecule has 1 N–H and O–H groups in total. The first-order valence-electron chi connectivity index (χ1n) is 7.40. The molecule has 0 amide bonds. The number of nitrogens with zero attached hydrogens (tertiary/aromatic N) is 2. The Balaban J connectivity index is 2.07. The van der Waals surface area contributed by atoms with E-state index in [0.29, 0.717) is 6.04 Å². The minimum Gasteiger partial charge on any atom is -0.331 e. The monoisotopic (exact) mass is 321 g/mol. The van der Waals surface area contributed by atoms with Crippen LogP contribution in [0.4, 0.5) is 0 Å². The van der Waals surface area contributed by atoms with Crippen molar-refractivity contribution in [3.63, 3.8) is 0 Å². The Morgan fingerprint density at radius 2 is 2.24 bits per heavy atom. The normalized spacial score (nSPS) is 19.5. The van der Waals surface area contributed by atoms with E-state index < -0.39 is 0 Å². The third kappa shape index (κ3) is 2.68. The number of nitrogens with one attached hydrogen (secondary N) is 1. The number of aromatic amines is 1. The molecule has 1 atom stereocenters. The van der Waals surface area contributed by atoms with Gasteiger partial charge in [-0.05, 0) is 37.7 Å². The number of rotatable bonds is 3. The summed E-state index contributed by atoms with van der Waals surface area (Å²) in [5.41, 5.74) is 3.43. The predicted octanol–water partition coefficient (Wildman–Crippen LogP) is 4.52. The van der Waals surface area contributed by atoms with E-state index in [9.17, 15) is 0 Å². The molecule has 5 heteroatoms. The molecule has 3 rings (SSSR count). The van der Waals surface area contributed by atoms with Crippen LogP contribution >= 0.6 is 23.8 Å². The smallest absolute Gasteiger partial charge is 0.178 e. The van der Waals surface area contributed by atoms with E-state index in [2.05, 4.69) is 40.5 Å². The van der Waals surface area contributed by atoms with E-state index in [1.165, 1.54) is 11.1 Å². The zero-order valence-electron chi connectivity index (χ0n) is 12.4. The molecule has 0 radical (unpaired) electrons. The highest BCUT2D eigenvalue weighted by Crippen LogP contribution is 2.31. The molecule has 0 aliphatic carbocycles. The fourth-order valence-corrected chi connectivity index (χ4v) is 3.48. The van der Waals surface area contributed by atoms with E-state index in [1.54, 1.807) is 0 Å². The van der Waals surface area contributed by atoms with Crippen molar-refractivity contribution in [3.05, 3.63) is 39.6 Å². The Bertz CT molecular complexity index is 744. The highest BCUT2D eigenvalue weighted by molar-refractivity contribution is 7.71. The molecule has 1 aromatic heterocycles. The third-order valence-corrected chi connectivity index (χ3v) is 4.83. The van der Waals surface area contributed by atoms with Crippen LogP contribution in [-0.4, -0.2) is 27.0 Å². The van der Waals surface area contributed by atoms with Gasteiger partial charge >= 0.3 is 0 Å². The number of benzene rings is 1. The quantitative estimate of drug-likeness (QED) is 0.663. The number of hydrogen-bond donors (Lipinski definition) is 1. The number of halogens is 1. The van der Waals surface area contributed by atoms with Crippen molar-refractivity contribution in [2.45, 2.75) is 39.4 Å². The van der Waals surface area contributed by atoms with Crippen LogP contribution in [-0.2, 0) is 13.1 Å². The van der Waals surface area contributed by atoms with Gasteiger partial charge in [-0.15, -0.1) is 0 Å². The summed E-state index contributed by atoms with van der Waals surface area (Å²) in [5.74, 6) is 0. The van der Waals surface area contributed by atoms with Crippen molar-refractivity contribution in [3.8, 4) is 0 Å². The second kappa shape index (κ2) is 5.95. The Morgan fingerprint density at radius 1 is 1.43 bits per heavy atom. The fraction of sp³-hybridized carbons (Fsp3) is 0.438. The molecule has 1 aliphatic rings. The van der Waals surface area contributed by atoms with Gasteiger partial charge in [-0.2, -0.15) is 0 Å². The van der Waals surface area contributed by atoms with Crippen molar-refractivity contribution in [2.75, 3.05) is 6.54 Å². The highest BCUT2D eigenvalue weighted by Gasteiger charge is 2.23. The SMILES string of the molecule is CCC=CCN1Cc2c(Cl)ccc3[nH]c(=S)n(c23)C[C@@H]1C. The lowest BCUT2D eigenvalue weighted by Crippen LogP contribution is -2.34. The van der Waals surface area contributed by atoms with Crippen molar-refractivity contribution in [1.29, 1.82) is 0 Å². The summed E-state index contributed by atoms with van der Waals surface area (Å²) < 4.78 is 2.98. The minimum absolute atomic E-state index is 0.417. The number of hydrogen-bond acceptors (Lipinski definition) is 2. The molecular formula is C16H20ClN3S. The Morgan fingerprint density at radius 3 is 3.00 bits per heavy atom. The van der Waals surface area contributed by atoms with Crippen LogP contribution in [0.5, 0.6) is 0 Å². The third-order valence-electron chi connectivity index (χ3n) is 4.16. The fourth-order valence-electron chi connectivity index (χ4n) is 2.99. The summed E-state index contributed by atoms with van der Waals surface area (Å²) in [6.45, 7) is 7.11. The summed E-state index contributed by atoms with van der Waals surface area (Å²) in [6.07, 6.45) is 5.53. The molecule has 0 saturated heterocycles. The van der Waals surface area contributed by atoms with E-state index in [4.69, 9.17) is 23.8 Å². The van der Waals surface area contributed by atoms with Crippen LogP contribution in [0.25, 0.3) is 11.0 Å². The summed E-state index contributed by atoms with van der Waals surface area (Å²) in [4.78, 5) is 5.74. The molecule has 2 aromatic rings. The van der Waals surface area contributed by atoms with Gasteiger partial charge in [0.15, 0.2) is 4.77 Å². The van der Waals surface area contributed by atoms with Crippen LogP contribution in [0.2, 0.25) is 5.02 Å². The maximum absolute atomic E-state index is 6.46. The lowest BCUT2D eigenvalue weighted by atomic mass is 10.1. The maximum atomic E-state index is 6.46. The maximum Gasteiger partial charge on any atom is 0.178 e. The van der Waals surface area contributed by atoms with Crippen LogP contribution in [0.3, 0.4) is 0 Å². The molecule has 0 fully saturated rings. The number of aromatic nitrogens is 2. The van der Waals surface area contributed by atoms with Crippen molar-refractivity contribution >= 4 is 34.9 Å². The average molecular weight is 322 g/mol. The first kappa shape index (κ1) is 14.8. The minimum atomic E-state index is 0.417. The van der Waals surface area contributed by atoms with E-state index in [0.717, 1.165) is 41.4 Å². The van der Waals surface area contributed by atoms with Gasteiger partial charge in [0, 0.05) is 36.3 Å². The second-order valence-electron chi connectivity index (χ2n) is 5.62. The molecule has 2 heterocycles. The van der Waals surface area contributed by atoms with Gasteiger partial charge in [-0.25, -0.2) is 0 Å². The summed E-state index contributed by atoms with van der Waals surface area (Å²) in [7, 11) is 0. The van der Waals surface area contributed by atoms with Gasteiger partial charge in [-0.3, -0.25) is 4.90 Å². The average Bonchev–Trinajstić information content (AvgIpc) is 2.67. The van der Waals surface area contributed by atoms with Gasteiger partial charge in [0.05, 0.1) is 11.0 Å². The molecule has 1 aliphatic heterocycles. The molecule has 21 heavy (non-hydrogen) atoms. The molecule has 3 nitrogen and oxygen atoms in total. The van der Waals surface area contributed by atoms with Gasteiger partial charge in [-0.1, -0.05) is 30.7 Å². The van der Waals surface area contributed by atoms with Crippen molar-refractivity contribution < 1.29 is 0 Å². The van der Waals surface area contributed by atoms with E-state index in [1.807, 2.05) is 12.1 Å². The second-order valence-corrected chi connectivity index (χ2v) is 6.41. The summed E-state index contributed by atoms with van der Waals surface area (Å²) in [6, 6.07) is 4.40. The molecule has 1 aromatic carbocycles. The van der Waals surface area contributed by atoms with Gasteiger partial charge < -0.3 is 9.55 Å². The first-order valence-corrected chi connectivity index (χ1v) is 8.19. The number of H-pyrrole nitrogens is 1. The van der Waals surface area contributed by atoms with Crippen LogP contribution in [0.15, 0.2) is 24.3 Å². The summed E-state index contributed by atoms with van der Waals surface area (Å²) >= 11 is 11.9. The van der Waals surface area contributed by atoms with Crippen LogP contribution in [0, 0.1) is 4.77 Å². The number of allylic oxidation sites excluding steroid dienone is 1. The predicted molar refractivity (Wildman–Crippen MR) is 91.4 cm³/mol. The Hall–Kier alpha value is -1.10. The molecule has 112 valence electrons. The Kier molecular flexibility index (Phi) is 4.20. The largest absolute Gasteiger partial charge is 0.331 e. The van der Waals surface area contributed by atoms with Crippen molar-refractivity contribution in [2.24, 2.45) is 0 Å². The van der Waals surface area contributed by atoms with Crippen molar-refractivity contribution in [1.82, 2.24) is 14.5 Å². The molecule has 0 bridgehead atoms. The standard InChI is InChI=1S/C16H20ClN3S/c1-3-4-5-8-19-10-12-13(17)6-7-14-15(12)20(9-11(19)2)16(21)18-14/h4-7,11H,3,8-10H2,1-2H3,(H,18,21)/t11-/m0/s1.